The molecule has 3 aromatic rings. The van der Waals surface area contributed by atoms with Crippen molar-refractivity contribution < 1.29 is 18.0 Å². The van der Waals surface area contributed by atoms with E-state index >= 15 is 0 Å². The summed E-state index contributed by atoms with van der Waals surface area (Å²) in [7, 11) is 1.98. The van der Waals surface area contributed by atoms with Crippen LogP contribution in [0.5, 0.6) is 0 Å². The number of nitrogens with zero attached hydrogens (tertiary/aromatic N) is 4. The largest absolute Gasteiger partial charge is 0.416 e. The highest BCUT2D eigenvalue weighted by Gasteiger charge is 2.33. The van der Waals surface area contributed by atoms with Crippen molar-refractivity contribution in [3.05, 3.63) is 69.8 Å². The van der Waals surface area contributed by atoms with Gasteiger partial charge in [0.15, 0.2) is 5.17 Å². The fourth-order valence-electron chi connectivity index (χ4n) is 4.63. The third-order valence-electron chi connectivity index (χ3n) is 6.62. The molecule has 5 rings (SSSR count). The van der Waals surface area contributed by atoms with E-state index in [0.29, 0.717) is 21.7 Å². The minimum Gasteiger partial charge on any atom is -0.351 e. The summed E-state index contributed by atoms with van der Waals surface area (Å²) in [5.41, 5.74) is 1.61. The molecule has 2 aromatic carbocycles. The van der Waals surface area contributed by atoms with E-state index in [1.807, 2.05) is 25.2 Å². The Hall–Kier alpha value is -3.11. The molecule has 2 aliphatic heterocycles. The first-order valence-corrected chi connectivity index (χ1v) is 12.6. The van der Waals surface area contributed by atoms with E-state index in [9.17, 15) is 18.0 Å². The summed E-state index contributed by atoms with van der Waals surface area (Å²) in [5.74, 6) is -0.259. The van der Waals surface area contributed by atoms with Gasteiger partial charge in [0.05, 0.1) is 28.7 Å². The van der Waals surface area contributed by atoms with Crippen molar-refractivity contribution in [2.75, 3.05) is 20.1 Å². The van der Waals surface area contributed by atoms with Gasteiger partial charge >= 0.3 is 6.18 Å². The van der Waals surface area contributed by atoms with Crippen LogP contribution in [0.15, 0.2) is 52.5 Å². The number of carbonyl (C=O) groups excluding carboxylic acids is 1. The SMILES string of the molecule is Cc1ccc(Cn2ncc3cc(/C=C4\SC(N(C)C5CCNCC5)=NC4=O)ccc32)c(C(F)(F)F)c1. The number of amides is 1. The van der Waals surface area contributed by atoms with Crippen molar-refractivity contribution >= 4 is 39.8 Å². The smallest absolute Gasteiger partial charge is 0.351 e. The molecule has 188 valence electrons. The monoisotopic (exact) mass is 513 g/mol. The van der Waals surface area contributed by atoms with E-state index in [1.54, 1.807) is 29.9 Å². The summed E-state index contributed by atoms with van der Waals surface area (Å²) in [6.45, 7) is 3.57. The minimum absolute atomic E-state index is 0.00756. The maximum atomic E-state index is 13.6. The zero-order valence-corrected chi connectivity index (χ0v) is 20.8. The number of amidine groups is 1. The van der Waals surface area contributed by atoms with E-state index in [2.05, 4.69) is 20.3 Å². The van der Waals surface area contributed by atoms with Gasteiger partial charge in [-0.1, -0.05) is 23.8 Å². The van der Waals surface area contributed by atoms with Gasteiger partial charge in [-0.25, -0.2) is 0 Å². The number of halogens is 3. The predicted octanol–water partition coefficient (Wildman–Crippen LogP) is 5.07. The van der Waals surface area contributed by atoms with Crippen LogP contribution in [-0.2, 0) is 17.5 Å². The highest BCUT2D eigenvalue weighted by Crippen LogP contribution is 2.34. The molecule has 0 unspecified atom stereocenters. The zero-order valence-electron chi connectivity index (χ0n) is 20.0. The number of aromatic nitrogens is 2. The number of fused-ring (bicyclic) bond motifs is 1. The first kappa shape index (κ1) is 24.6. The molecule has 36 heavy (non-hydrogen) atoms. The molecule has 1 N–H and O–H groups in total. The number of thioether (sulfide) groups is 1. The van der Waals surface area contributed by atoms with Crippen LogP contribution in [0.1, 0.15) is 35.1 Å². The molecule has 0 saturated carbocycles. The third-order valence-corrected chi connectivity index (χ3v) is 7.70. The van der Waals surface area contributed by atoms with Crippen molar-refractivity contribution in [2.45, 2.75) is 38.5 Å². The van der Waals surface area contributed by atoms with E-state index in [1.165, 1.54) is 23.9 Å². The number of hydrogen-bond acceptors (Lipinski definition) is 5. The number of aryl methyl sites for hydroxylation is 1. The normalized spacial score (nSPS) is 18.3. The van der Waals surface area contributed by atoms with E-state index in [0.717, 1.165) is 42.4 Å². The Morgan fingerprint density at radius 2 is 1.97 bits per heavy atom. The van der Waals surface area contributed by atoms with Crippen LogP contribution >= 0.6 is 11.8 Å². The summed E-state index contributed by atoms with van der Waals surface area (Å²) >= 11 is 1.37. The maximum absolute atomic E-state index is 13.6. The van der Waals surface area contributed by atoms with Gasteiger partial charge in [0.1, 0.15) is 0 Å². The molecule has 1 fully saturated rings. The zero-order chi connectivity index (χ0) is 25.4. The van der Waals surface area contributed by atoms with Gasteiger partial charge in [0.2, 0.25) is 0 Å². The highest BCUT2D eigenvalue weighted by atomic mass is 32.2. The van der Waals surface area contributed by atoms with Crippen LogP contribution in [0.3, 0.4) is 0 Å². The Morgan fingerprint density at radius 3 is 2.72 bits per heavy atom. The molecule has 0 radical (unpaired) electrons. The minimum atomic E-state index is -4.43. The number of rotatable bonds is 4. The van der Waals surface area contributed by atoms with Crippen LogP contribution in [0, 0.1) is 6.92 Å². The van der Waals surface area contributed by atoms with Gasteiger partial charge in [-0.2, -0.15) is 23.3 Å². The van der Waals surface area contributed by atoms with Crippen LogP contribution in [-0.4, -0.2) is 51.9 Å². The van der Waals surface area contributed by atoms with Crippen LogP contribution in [0.25, 0.3) is 17.0 Å². The second-order valence-corrected chi connectivity index (χ2v) is 10.2. The number of piperidine rings is 1. The van der Waals surface area contributed by atoms with Gasteiger partial charge in [-0.3, -0.25) is 9.48 Å². The lowest BCUT2D eigenvalue weighted by Gasteiger charge is -2.32. The van der Waals surface area contributed by atoms with E-state index in [4.69, 9.17) is 0 Å². The van der Waals surface area contributed by atoms with Gasteiger partial charge in [-0.15, -0.1) is 0 Å². The number of carbonyl (C=O) groups is 1. The molecule has 2 aliphatic rings. The van der Waals surface area contributed by atoms with E-state index < -0.39 is 11.7 Å². The highest BCUT2D eigenvalue weighted by molar-refractivity contribution is 8.18. The third kappa shape index (κ3) is 5.05. The molecule has 0 aliphatic carbocycles. The Morgan fingerprint density at radius 1 is 1.19 bits per heavy atom. The van der Waals surface area contributed by atoms with Crippen LogP contribution in [0.2, 0.25) is 0 Å². The van der Waals surface area contributed by atoms with Crippen molar-refractivity contribution in [3.8, 4) is 0 Å². The molecule has 10 heteroatoms. The van der Waals surface area contributed by atoms with Crippen molar-refractivity contribution in [2.24, 2.45) is 4.99 Å². The molecular weight excluding hydrogens is 487 g/mol. The lowest BCUT2D eigenvalue weighted by molar-refractivity contribution is -0.138. The molecule has 1 saturated heterocycles. The summed E-state index contributed by atoms with van der Waals surface area (Å²) in [6.07, 6.45) is 1.03. The molecule has 1 aromatic heterocycles. The molecular formula is C26H26F3N5OS. The fraction of sp³-hybridized carbons (Fsp3) is 0.346. The average molecular weight is 514 g/mol. The van der Waals surface area contributed by atoms with Gasteiger partial charge in [-0.05, 0) is 80.0 Å². The second kappa shape index (κ2) is 9.74. The number of hydrogen-bond donors (Lipinski definition) is 1. The van der Waals surface area contributed by atoms with Crippen molar-refractivity contribution in [1.82, 2.24) is 20.0 Å². The lowest BCUT2D eigenvalue weighted by atomic mass is 10.0. The maximum Gasteiger partial charge on any atom is 0.416 e. The predicted molar refractivity (Wildman–Crippen MR) is 137 cm³/mol. The first-order chi connectivity index (χ1) is 17.2. The summed E-state index contributed by atoms with van der Waals surface area (Å²) < 4.78 is 42.2. The summed E-state index contributed by atoms with van der Waals surface area (Å²) in [6, 6.07) is 10.3. The van der Waals surface area contributed by atoms with Crippen LogP contribution < -0.4 is 5.32 Å². The van der Waals surface area contributed by atoms with Gasteiger partial charge < -0.3 is 10.2 Å². The molecule has 3 heterocycles. The van der Waals surface area contributed by atoms with Crippen molar-refractivity contribution in [1.29, 1.82) is 0 Å². The summed E-state index contributed by atoms with van der Waals surface area (Å²) in [5, 5.41) is 9.18. The Kier molecular flexibility index (Phi) is 6.65. The molecule has 0 atom stereocenters. The Bertz CT molecular complexity index is 1370. The molecule has 6 nitrogen and oxygen atoms in total. The van der Waals surface area contributed by atoms with Crippen LogP contribution in [0.4, 0.5) is 13.2 Å². The summed E-state index contributed by atoms with van der Waals surface area (Å²) in [4.78, 5) is 19.5. The fourth-order valence-corrected chi connectivity index (χ4v) is 5.57. The average Bonchev–Trinajstić information content (AvgIpc) is 3.42. The number of benzene rings is 2. The quantitative estimate of drug-likeness (QED) is 0.494. The topological polar surface area (TPSA) is 62.5 Å². The second-order valence-electron chi connectivity index (χ2n) is 9.18. The standard InChI is InChI=1S/C26H26F3N5OS/c1-16-3-5-18(21(11-16)26(27,28)29)15-34-22-6-4-17(12-19(22)14-31-34)13-23-24(35)32-25(36-23)33(2)20-7-9-30-10-8-20/h3-6,11-14,20,30H,7-10,15H2,1-2H3/b23-13-. The first-order valence-electron chi connectivity index (χ1n) is 11.8. The molecule has 1 amide bonds. The number of alkyl halides is 3. The molecule has 0 spiro atoms. The number of aliphatic imine (C=N–C) groups is 1. The molecule has 0 bridgehead atoms. The lowest BCUT2D eigenvalue weighted by Crippen LogP contribution is -2.42. The Labute approximate surface area is 211 Å². The van der Waals surface area contributed by atoms with Gasteiger partial charge in [0.25, 0.3) is 5.91 Å². The van der Waals surface area contributed by atoms with E-state index in [-0.39, 0.29) is 18.0 Å². The number of nitrogens with one attached hydrogen (secondary N) is 1. The van der Waals surface area contributed by atoms with Gasteiger partial charge in [0, 0.05) is 18.5 Å². The van der Waals surface area contributed by atoms with Crippen molar-refractivity contribution in [3.63, 3.8) is 0 Å². The Balaban J connectivity index is 1.35.